The van der Waals surface area contributed by atoms with E-state index in [0.29, 0.717) is 40.3 Å². The van der Waals surface area contributed by atoms with E-state index < -0.39 is 0 Å². The number of hydrogen-bond acceptors (Lipinski definition) is 7. The molecule has 0 spiro atoms. The van der Waals surface area contributed by atoms with E-state index in [1.54, 1.807) is 21.3 Å². The molecule has 0 fully saturated rings. The van der Waals surface area contributed by atoms with Crippen LogP contribution in [0.25, 0.3) is 0 Å². The molecule has 0 aromatic carbocycles. The number of aryl methyl sites for hydroxylation is 2. The summed E-state index contributed by atoms with van der Waals surface area (Å²) in [6.45, 7) is 9.00. The molecule has 0 aliphatic carbocycles. The van der Waals surface area contributed by atoms with Crippen molar-refractivity contribution in [2.24, 2.45) is 0 Å². The summed E-state index contributed by atoms with van der Waals surface area (Å²) >= 11 is 0. The van der Waals surface area contributed by atoms with Crippen LogP contribution in [-0.2, 0) is 25.6 Å². The van der Waals surface area contributed by atoms with E-state index in [2.05, 4.69) is 21.4 Å². The summed E-state index contributed by atoms with van der Waals surface area (Å²) in [5.74, 6) is 0.987. The molecule has 0 radical (unpaired) electrons. The van der Waals surface area contributed by atoms with Gasteiger partial charge in [0.15, 0.2) is 0 Å². The highest BCUT2D eigenvalue weighted by Gasteiger charge is 2.13. The zero-order chi connectivity index (χ0) is 17.2. The zero-order valence-electron chi connectivity index (χ0n) is 15.2. The first-order valence-corrected chi connectivity index (χ1v) is 7.53. The molecule has 0 N–H and O–H groups in total. The third-order valence-corrected chi connectivity index (χ3v) is 3.47. The van der Waals surface area contributed by atoms with E-state index in [4.69, 9.17) is 18.9 Å². The Labute approximate surface area is 138 Å². The van der Waals surface area contributed by atoms with Gasteiger partial charge in [-0.1, -0.05) is 0 Å². The Balaban J connectivity index is 2.54. The summed E-state index contributed by atoms with van der Waals surface area (Å²) in [7, 11) is 4.97. The van der Waals surface area contributed by atoms with Crippen molar-refractivity contribution in [3.05, 3.63) is 17.2 Å². The smallest absolute Gasteiger partial charge is 0.107 e. The topological polar surface area (TPSA) is 61.2 Å². The molecule has 0 aliphatic heterocycles. The number of rotatable bonds is 12. The van der Waals surface area contributed by atoms with Gasteiger partial charge in [-0.15, -0.1) is 0 Å². The van der Waals surface area contributed by atoms with Crippen LogP contribution in [0.5, 0.6) is 0 Å². The summed E-state index contributed by atoms with van der Waals surface area (Å²) in [5, 5.41) is 0. The molecule has 134 valence electrons. The van der Waals surface area contributed by atoms with Crippen molar-refractivity contribution in [1.82, 2.24) is 19.4 Å². The van der Waals surface area contributed by atoms with Crippen molar-refractivity contribution in [2.45, 2.75) is 27.4 Å². The first kappa shape index (κ1) is 20.0. The molecule has 8 nitrogen and oxygen atoms in total. The van der Waals surface area contributed by atoms with E-state index in [-0.39, 0.29) is 0 Å². The van der Waals surface area contributed by atoms with Crippen molar-refractivity contribution in [3.8, 4) is 0 Å². The van der Waals surface area contributed by atoms with Crippen molar-refractivity contribution >= 4 is 0 Å². The van der Waals surface area contributed by atoms with Gasteiger partial charge in [0.25, 0.3) is 0 Å². The molecule has 1 aromatic rings. The molecule has 1 rings (SSSR count). The van der Waals surface area contributed by atoms with Crippen molar-refractivity contribution < 1.29 is 18.9 Å². The largest absolute Gasteiger partial charge is 0.369 e. The van der Waals surface area contributed by atoms with Gasteiger partial charge in [0.1, 0.15) is 39.5 Å². The number of aromatic nitrogens is 2. The van der Waals surface area contributed by atoms with E-state index in [0.717, 1.165) is 17.2 Å². The highest BCUT2D eigenvalue weighted by atomic mass is 16.5. The molecule has 0 unspecified atom stereocenters. The van der Waals surface area contributed by atoms with Crippen molar-refractivity contribution in [2.75, 3.05) is 55.0 Å². The second kappa shape index (κ2) is 10.7. The Bertz CT molecular complexity index is 447. The highest BCUT2D eigenvalue weighted by Crippen LogP contribution is 2.10. The Morgan fingerprint density at radius 3 is 1.83 bits per heavy atom. The number of nitrogens with zero attached hydrogens (tertiary/aromatic N) is 4. The average molecular weight is 330 g/mol. The SMILES string of the molecule is COCN(COC)COCN(COC)Cn1c(C)nc(C)c1C. The number of ether oxygens (including phenoxy) is 4. The first-order valence-electron chi connectivity index (χ1n) is 7.53. The van der Waals surface area contributed by atoms with Gasteiger partial charge in [0.2, 0.25) is 0 Å². The number of methoxy groups -OCH3 is 3. The molecule has 0 saturated heterocycles. The Hall–Kier alpha value is -1.03. The van der Waals surface area contributed by atoms with Gasteiger partial charge in [-0.25, -0.2) is 14.8 Å². The Kier molecular flexibility index (Phi) is 9.30. The van der Waals surface area contributed by atoms with Gasteiger partial charge in [0, 0.05) is 27.0 Å². The molecular weight excluding hydrogens is 300 g/mol. The van der Waals surface area contributed by atoms with Gasteiger partial charge in [-0.05, 0) is 20.8 Å². The molecule has 0 saturated carbocycles. The van der Waals surface area contributed by atoms with Crippen LogP contribution in [0, 0.1) is 20.8 Å². The second-order valence-electron chi connectivity index (χ2n) is 5.46. The van der Waals surface area contributed by atoms with Crippen LogP contribution in [0.4, 0.5) is 0 Å². The highest BCUT2D eigenvalue weighted by molar-refractivity contribution is 5.13. The van der Waals surface area contributed by atoms with Crippen LogP contribution in [0.3, 0.4) is 0 Å². The lowest BCUT2D eigenvalue weighted by Crippen LogP contribution is -2.36. The molecule has 0 bridgehead atoms. The van der Waals surface area contributed by atoms with Crippen LogP contribution in [0.2, 0.25) is 0 Å². The van der Waals surface area contributed by atoms with E-state index in [9.17, 15) is 0 Å². The molecule has 0 aliphatic rings. The van der Waals surface area contributed by atoms with E-state index in [1.807, 2.05) is 18.7 Å². The van der Waals surface area contributed by atoms with Gasteiger partial charge in [0.05, 0.1) is 12.4 Å². The minimum atomic E-state index is 0.419. The lowest BCUT2D eigenvalue weighted by atomic mass is 10.4. The molecule has 1 heterocycles. The van der Waals surface area contributed by atoms with Crippen LogP contribution < -0.4 is 0 Å². The fourth-order valence-electron chi connectivity index (χ4n) is 2.31. The minimum absolute atomic E-state index is 0.419. The minimum Gasteiger partial charge on any atom is -0.369 e. The number of hydrogen-bond donors (Lipinski definition) is 0. The monoisotopic (exact) mass is 330 g/mol. The van der Waals surface area contributed by atoms with Crippen LogP contribution in [-0.4, -0.2) is 74.3 Å². The maximum atomic E-state index is 5.75. The summed E-state index contributed by atoms with van der Waals surface area (Å²) in [5.41, 5.74) is 2.20. The zero-order valence-corrected chi connectivity index (χ0v) is 15.2. The fraction of sp³-hybridized carbons (Fsp3) is 0.800. The quantitative estimate of drug-likeness (QED) is 0.532. The molecular formula is C15H30N4O4. The maximum absolute atomic E-state index is 5.75. The second-order valence-corrected chi connectivity index (χ2v) is 5.46. The standard InChI is InChI=1S/C15H30N4O4/c1-13-14(2)19(15(3)16-13)7-17(8-20-4)11-23-12-18(9-21-5)10-22-6/h7-12H2,1-6H3. The third-order valence-electron chi connectivity index (χ3n) is 3.47. The maximum Gasteiger partial charge on any atom is 0.107 e. The lowest BCUT2D eigenvalue weighted by Gasteiger charge is -2.25. The Morgan fingerprint density at radius 1 is 0.826 bits per heavy atom. The normalized spacial score (nSPS) is 11.8. The molecule has 0 amide bonds. The number of imidazole rings is 1. The summed E-state index contributed by atoms with van der Waals surface area (Å²) in [4.78, 5) is 8.45. The molecule has 0 atom stereocenters. The summed E-state index contributed by atoms with van der Waals surface area (Å²) in [6.07, 6.45) is 0. The van der Waals surface area contributed by atoms with Crippen molar-refractivity contribution in [1.29, 1.82) is 0 Å². The van der Waals surface area contributed by atoms with Crippen LogP contribution >= 0.6 is 0 Å². The Morgan fingerprint density at radius 2 is 1.35 bits per heavy atom. The predicted octanol–water partition coefficient (Wildman–Crippen LogP) is 1.11. The third kappa shape index (κ3) is 6.54. The van der Waals surface area contributed by atoms with Crippen LogP contribution in [0.15, 0.2) is 0 Å². The molecule has 8 heteroatoms. The first-order chi connectivity index (χ1) is 11.0. The predicted molar refractivity (Wildman–Crippen MR) is 86.6 cm³/mol. The fourth-order valence-corrected chi connectivity index (χ4v) is 2.31. The van der Waals surface area contributed by atoms with Crippen LogP contribution in [0.1, 0.15) is 17.2 Å². The van der Waals surface area contributed by atoms with Gasteiger partial charge in [-0.2, -0.15) is 0 Å². The summed E-state index contributed by atoms with van der Waals surface area (Å²) < 4.78 is 23.4. The summed E-state index contributed by atoms with van der Waals surface area (Å²) in [6, 6.07) is 0. The lowest BCUT2D eigenvalue weighted by molar-refractivity contribution is -0.117. The van der Waals surface area contributed by atoms with Gasteiger partial charge >= 0.3 is 0 Å². The molecule has 23 heavy (non-hydrogen) atoms. The van der Waals surface area contributed by atoms with Crippen molar-refractivity contribution in [3.63, 3.8) is 0 Å². The molecule has 1 aromatic heterocycles. The average Bonchev–Trinajstić information content (AvgIpc) is 2.74. The van der Waals surface area contributed by atoms with E-state index >= 15 is 0 Å². The van der Waals surface area contributed by atoms with Gasteiger partial charge in [-0.3, -0.25) is 0 Å². The van der Waals surface area contributed by atoms with Gasteiger partial charge < -0.3 is 23.5 Å². The van der Waals surface area contributed by atoms with E-state index in [1.165, 1.54) is 0 Å².